The van der Waals surface area contributed by atoms with Crippen LogP contribution in [0.5, 0.6) is 0 Å². The van der Waals surface area contributed by atoms with Crippen molar-refractivity contribution in [1.29, 1.82) is 0 Å². The quantitative estimate of drug-likeness (QED) is 0.523. The number of aliphatic hydroxyl groups is 1. The molecule has 4 rings (SSSR count). The molecule has 0 radical (unpaired) electrons. The second-order valence-corrected chi connectivity index (χ2v) is 12.7. The highest BCUT2D eigenvalue weighted by atomic mass is 32.2. The van der Waals surface area contributed by atoms with Crippen LogP contribution in [0, 0.1) is 17.8 Å². The minimum absolute atomic E-state index is 0.0262. The molecule has 3 heterocycles. The lowest BCUT2D eigenvalue weighted by Gasteiger charge is -2.38. The molecule has 3 aliphatic rings. The van der Waals surface area contributed by atoms with E-state index in [1.807, 2.05) is 58.0 Å². The van der Waals surface area contributed by atoms with E-state index >= 15 is 0 Å². The van der Waals surface area contributed by atoms with E-state index in [1.165, 1.54) is 0 Å². The molecule has 0 aliphatic carbocycles. The molecule has 1 aromatic rings. The van der Waals surface area contributed by atoms with E-state index < -0.39 is 33.4 Å². The number of hydrogen-bond acceptors (Lipinski definition) is 5. The summed E-state index contributed by atoms with van der Waals surface area (Å²) in [5, 5.41) is 16.3. The van der Waals surface area contributed by atoms with Crippen molar-refractivity contribution < 1.29 is 19.5 Å². The van der Waals surface area contributed by atoms with Gasteiger partial charge in [0.15, 0.2) is 0 Å². The van der Waals surface area contributed by atoms with Gasteiger partial charge in [-0.3, -0.25) is 14.4 Å². The zero-order chi connectivity index (χ0) is 24.8. The first-order chi connectivity index (χ1) is 16.1. The molecule has 0 aromatic heterocycles. The number of likely N-dealkylation sites (tertiary alicyclic amines) is 1. The number of carbonyl (C=O) groups is 3. The molecule has 1 spiro atoms. The van der Waals surface area contributed by atoms with Crippen molar-refractivity contribution in [3.63, 3.8) is 0 Å². The predicted molar refractivity (Wildman–Crippen MR) is 133 cm³/mol. The molecule has 3 aliphatic heterocycles. The number of fused-ring (bicyclic) bond motifs is 1. The van der Waals surface area contributed by atoms with Gasteiger partial charge in [0.2, 0.25) is 17.7 Å². The van der Waals surface area contributed by atoms with Crippen molar-refractivity contribution in [3.05, 3.63) is 35.9 Å². The van der Waals surface area contributed by atoms with E-state index in [-0.39, 0.29) is 36.3 Å². The van der Waals surface area contributed by atoms with Gasteiger partial charge in [-0.15, -0.1) is 11.8 Å². The van der Waals surface area contributed by atoms with Crippen LogP contribution < -0.4 is 10.6 Å². The third kappa shape index (κ3) is 3.92. The molecule has 34 heavy (non-hydrogen) atoms. The van der Waals surface area contributed by atoms with E-state index in [0.717, 1.165) is 12.0 Å². The summed E-state index contributed by atoms with van der Waals surface area (Å²) in [5.41, 5.74) is 1.00. The fraction of sp³-hybridized carbons (Fsp3) is 0.654. The maximum absolute atomic E-state index is 14.0. The molecule has 0 saturated carbocycles. The third-order valence-corrected chi connectivity index (χ3v) is 9.79. The normalized spacial score (nSPS) is 32.9. The lowest BCUT2D eigenvalue weighted by Crippen LogP contribution is -2.58. The van der Waals surface area contributed by atoms with Crippen LogP contribution in [0.3, 0.4) is 0 Å². The molecule has 6 atom stereocenters. The SMILES string of the molecule is CC(C)NC(=O)C1N([C@@H](CO)C(C)C)C(=O)[C@@H]2[C@H](C(=O)NCc3ccccc3)[C@]3(C)CCC12S3. The zero-order valence-electron chi connectivity index (χ0n) is 20.7. The molecule has 1 aromatic carbocycles. The van der Waals surface area contributed by atoms with Crippen LogP contribution in [-0.4, -0.2) is 62.0 Å². The average Bonchev–Trinajstić information content (AvgIpc) is 3.34. The largest absolute Gasteiger partial charge is 0.394 e. The Morgan fingerprint density at radius 1 is 1.15 bits per heavy atom. The summed E-state index contributed by atoms with van der Waals surface area (Å²) in [6, 6.07) is 8.47. The summed E-state index contributed by atoms with van der Waals surface area (Å²) in [4.78, 5) is 42.8. The first kappa shape index (κ1) is 25.0. The molecular formula is C26H37N3O4S. The number of rotatable bonds is 8. The molecular weight excluding hydrogens is 450 g/mol. The highest BCUT2D eigenvalue weighted by Gasteiger charge is 2.77. The summed E-state index contributed by atoms with van der Waals surface area (Å²) in [6.45, 7) is 9.96. The summed E-state index contributed by atoms with van der Waals surface area (Å²) in [6.07, 6.45) is 1.48. The molecule has 186 valence electrons. The zero-order valence-corrected chi connectivity index (χ0v) is 21.5. The van der Waals surface area contributed by atoms with Crippen LogP contribution in [0.2, 0.25) is 0 Å². The maximum atomic E-state index is 14.0. The number of amides is 3. The summed E-state index contributed by atoms with van der Waals surface area (Å²) in [5.74, 6) is -1.62. The van der Waals surface area contributed by atoms with Crippen LogP contribution in [-0.2, 0) is 20.9 Å². The summed E-state index contributed by atoms with van der Waals surface area (Å²) in [7, 11) is 0. The Kier molecular flexibility index (Phi) is 6.77. The van der Waals surface area contributed by atoms with Crippen molar-refractivity contribution in [3.8, 4) is 0 Å². The maximum Gasteiger partial charge on any atom is 0.244 e. The first-order valence-corrected chi connectivity index (χ1v) is 13.1. The predicted octanol–water partition coefficient (Wildman–Crippen LogP) is 2.33. The van der Waals surface area contributed by atoms with Crippen LogP contribution >= 0.6 is 11.8 Å². The van der Waals surface area contributed by atoms with Crippen LogP contribution in [0.4, 0.5) is 0 Å². The Morgan fingerprint density at radius 2 is 1.82 bits per heavy atom. The van der Waals surface area contributed by atoms with Gasteiger partial charge in [0.25, 0.3) is 0 Å². The fourth-order valence-electron chi connectivity index (χ4n) is 6.30. The highest BCUT2D eigenvalue weighted by molar-refractivity contribution is 8.02. The van der Waals surface area contributed by atoms with Crippen LogP contribution in [0.1, 0.15) is 53.0 Å². The fourth-order valence-corrected chi connectivity index (χ4v) is 8.64. The van der Waals surface area contributed by atoms with Gasteiger partial charge in [-0.25, -0.2) is 0 Å². The lowest BCUT2D eigenvalue weighted by molar-refractivity contribution is -0.144. The summed E-state index contributed by atoms with van der Waals surface area (Å²) < 4.78 is -1.07. The lowest BCUT2D eigenvalue weighted by atomic mass is 9.66. The van der Waals surface area contributed by atoms with Gasteiger partial charge in [0.1, 0.15) is 6.04 Å². The molecule has 3 fully saturated rings. The van der Waals surface area contributed by atoms with Crippen LogP contribution in [0.15, 0.2) is 30.3 Å². The number of aliphatic hydroxyl groups excluding tert-OH is 1. The Bertz CT molecular complexity index is 955. The van der Waals surface area contributed by atoms with Gasteiger partial charge in [-0.1, -0.05) is 44.2 Å². The highest BCUT2D eigenvalue weighted by Crippen LogP contribution is 2.71. The molecule has 3 saturated heterocycles. The standard InChI is InChI=1S/C26H37N3O4S/c1-15(2)18(14-30)29-21(23(32)28-16(3)4)26-12-11-25(5,34-26)19(20(26)24(29)33)22(31)27-13-17-9-7-6-8-10-17/h6-10,15-16,18-21,30H,11-14H2,1-5H3,(H,27,31)(H,28,32)/t18-,19+,20-,21?,25-,26?/m0/s1. The minimum atomic E-state index is -0.703. The second-order valence-electron chi connectivity index (χ2n) is 10.8. The molecule has 2 bridgehead atoms. The van der Waals surface area contributed by atoms with Gasteiger partial charge in [-0.2, -0.15) is 0 Å². The third-order valence-electron chi connectivity index (χ3n) is 7.80. The number of nitrogens with zero attached hydrogens (tertiary/aromatic N) is 1. The number of thioether (sulfide) groups is 1. The van der Waals surface area contributed by atoms with E-state index in [9.17, 15) is 19.5 Å². The number of nitrogens with one attached hydrogen (secondary N) is 2. The molecule has 8 heteroatoms. The van der Waals surface area contributed by atoms with Gasteiger partial charge in [-0.05, 0) is 45.1 Å². The molecule has 3 N–H and O–H groups in total. The van der Waals surface area contributed by atoms with Crippen molar-refractivity contribution in [2.75, 3.05) is 6.61 Å². The minimum Gasteiger partial charge on any atom is -0.394 e. The van der Waals surface area contributed by atoms with Crippen molar-refractivity contribution in [2.24, 2.45) is 17.8 Å². The van der Waals surface area contributed by atoms with E-state index in [4.69, 9.17) is 0 Å². The second kappa shape index (κ2) is 9.19. The molecule has 7 nitrogen and oxygen atoms in total. The first-order valence-electron chi connectivity index (χ1n) is 12.3. The summed E-state index contributed by atoms with van der Waals surface area (Å²) >= 11 is 1.65. The van der Waals surface area contributed by atoms with Crippen LogP contribution in [0.25, 0.3) is 0 Å². The average molecular weight is 488 g/mol. The number of carbonyl (C=O) groups excluding carboxylic acids is 3. The van der Waals surface area contributed by atoms with E-state index in [1.54, 1.807) is 16.7 Å². The monoisotopic (exact) mass is 487 g/mol. The van der Waals surface area contributed by atoms with Crippen molar-refractivity contribution >= 4 is 29.5 Å². The molecule has 2 unspecified atom stereocenters. The Balaban J connectivity index is 1.70. The van der Waals surface area contributed by atoms with Gasteiger partial charge in [0, 0.05) is 17.3 Å². The van der Waals surface area contributed by atoms with Gasteiger partial charge < -0.3 is 20.6 Å². The van der Waals surface area contributed by atoms with Gasteiger partial charge >= 0.3 is 0 Å². The Morgan fingerprint density at radius 3 is 2.41 bits per heavy atom. The van der Waals surface area contributed by atoms with Crippen molar-refractivity contribution in [1.82, 2.24) is 15.5 Å². The Labute approximate surface area is 206 Å². The van der Waals surface area contributed by atoms with Crippen molar-refractivity contribution in [2.45, 2.75) is 81.6 Å². The number of benzene rings is 1. The number of hydrogen-bond donors (Lipinski definition) is 3. The topological polar surface area (TPSA) is 98.7 Å². The van der Waals surface area contributed by atoms with E-state index in [0.29, 0.717) is 13.0 Å². The molecule has 3 amide bonds. The smallest absolute Gasteiger partial charge is 0.244 e. The Hall–Kier alpha value is -2.06. The van der Waals surface area contributed by atoms with Gasteiger partial charge in [0.05, 0.1) is 29.2 Å². The van der Waals surface area contributed by atoms with E-state index in [2.05, 4.69) is 17.6 Å².